The number of fused-ring (bicyclic) bond motifs is 1. The van der Waals surface area contributed by atoms with Gasteiger partial charge in [-0.3, -0.25) is 5.10 Å². The van der Waals surface area contributed by atoms with E-state index in [1.807, 2.05) is 13.0 Å². The molecule has 0 aliphatic carbocycles. The van der Waals surface area contributed by atoms with Crippen molar-refractivity contribution in [2.45, 2.75) is 6.92 Å². The molecule has 0 fully saturated rings. The molecule has 22 heavy (non-hydrogen) atoms. The highest BCUT2D eigenvalue weighted by atomic mass is 79.9. The standard InChI is InChI=1S/C13H8BrFN6S/c1-6-4-10(17-16-6)12-20-21-11(18-19-13(21)22-12)8-3-2-7(14)5-9(8)15/h2-5H,1H3,(H,16,17). The zero-order valence-electron chi connectivity index (χ0n) is 11.2. The average Bonchev–Trinajstić information content (AvgIpc) is 3.14. The van der Waals surface area contributed by atoms with Gasteiger partial charge in [0.1, 0.15) is 11.5 Å². The van der Waals surface area contributed by atoms with Gasteiger partial charge in [0.15, 0.2) is 10.8 Å². The van der Waals surface area contributed by atoms with Gasteiger partial charge < -0.3 is 0 Å². The van der Waals surface area contributed by atoms with Crippen molar-refractivity contribution in [2.24, 2.45) is 0 Å². The van der Waals surface area contributed by atoms with Gasteiger partial charge in [-0.1, -0.05) is 27.3 Å². The van der Waals surface area contributed by atoms with Gasteiger partial charge in [-0.15, -0.1) is 10.2 Å². The zero-order valence-corrected chi connectivity index (χ0v) is 13.6. The lowest BCUT2D eigenvalue weighted by molar-refractivity contribution is 0.628. The van der Waals surface area contributed by atoms with Crippen LogP contribution in [0.1, 0.15) is 5.69 Å². The van der Waals surface area contributed by atoms with Gasteiger partial charge in [0, 0.05) is 10.2 Å². The molecule has 0 atom stereocenters. The Morgan fingerprint density at radius 1 is 1.27 bits per heavy atom. The first-order valence-electron chi connectivity index (χ1n) is 6.32. The highest BCUT2D eigenvalue weighted by Gasteiger charge is 2.18. The smallest absolute Gasteiger partial charge is 0.235 e. The van der Waals surface area contributed by atoms with Crippen LogP contribution in [-0.2, 0) is 0 Å². The van der Waals surface area contributed by atoms with E-state index in [-0.39, 0.29) is 5.82 Å². The molecule has 0 unspecified atom stereocenters. The van der Waals surface area contributed by atoms with Gasteiger partial charge in [0.2, 0.25) is 4.96 Å². The van der Waals surface area contributed by atoms with E-state index in [0.717, 1.165) is 11.4 Å². The minimum Gasteiger partial charge on any atom is -0.282 e. The Morgan fingerprint density at radius 3 is 2.86 bits per heavy atom. The second kappa shape index (κ2) is 4.96. The van der Waals surface area contributed by atoms with E-state index >= 15 is 0 Å². The van der Waals surface area contributed by atoms with Crippen LogP contribution >= 0.6 is 27.3 Å². The third-order valence-electron chi connectivity index (χ3n) is 3.09. The summed E-state index contributed by atoms with van der Waals surface area (Å²) in [5.41, 5.74) is 2.03. The number of aromatic nitrogens is 6. The molecule has 0 aliphatic heterocycles. The normalized spacial score (nSPS) is 11.4. The van der Waals surface area contributed by atoms with E-state index < -0.39 is 0 Å². The molecular weight excluding hydrogens is 371 g/mol. The molecule has 110 valence electrons. The number of nitrogens with one attached hydrogen (secondary N) is 1. The third-order valence-corrected chi connectivity index (χ3v) is 4.50. The summed E-state index contributed by atoms with van der Waals surface area (Å²) in [6, 6.07) is 6.68. The van der Waals surface area contributed by atoms with Crippen molar-refractivity contribution in [1.29, 1.82) is 0 Å². The number of aryl methyl sites for hydroxylation is 1. The van der Waals surface area contributed by atoms with Gasteiger partial charge in [-0.05, 0) is 31.2 Å². The molecule has 0 aliphatic rings. The summed E-state index contributed by atoms with van der Waals surface area (Å²) >= 11 is 4.59. The Bertz CT molecular complexity index is 988. The minimum atomic E-state index is -0.381. The molecule has 3 aromatic heterocycles. The van der Waals surface area contributed by atoms with Crippen LogP contribution in [0.5, 0.6) is 0 Å². The predicted molar refractivity (Wildman–Crippen MR) is 84.1 cm³/mol. The lowest BCUT2D eigenvalue weighted by Crippen LogP contribution is -1.93. The Morgan fingerprint density at radius 2 is 2.14 bits per heavy atom. The lowest BCUT2D eigenvalue weighted by atomic mass is 10.2. The van der Waals surface area contributed by atoms with Crippen molar-refractivity contribution >= 4 is 32.2 Å². The SMILES string of the molecule is Cc1cc(-c2nn3c(-c4ccc(Br)cc4F)nnc3s2)n[nH]1. The monoisotopic (exact) mass is 378 g/mol. The number of halogens is 2. The molecule has 4 aromatic rings. The topological polar surface area (TPSA) is 71.8 Å². The maximum Gasteiger partial charge on any atom is 0.235 e. The Balaban J connectivity index is 1.87. The van der Waals surface area contributed by atoms with E-state index in [9.17, 15) is 4.39 Å². The number of nitrogens with zero attached hydrogens (tertiary/aromatic N) is 5. The summed E-state index contributed by atoms with van der Waals surface area (Å²) in [5.74, 6) is -0.0106. The molecule has 9 heteroatoms. The summed E-state index contributed by atoms with van der Waals surface area (Å²) < 4.78 is 16.3. The molecule has 1 aromatic carbocycles. The number of hydrogen-bond donors (Lipinski definition) is 1. The molecule has 6 nitrogen and oxygen atoms in total. The first-order chi connectivity index (χ1) is 10.6. The fourth-order valence-corrected chi connectivity index (χ4v) is 3.22. The Kier molecular flexibility index (Phi) is 3.05. The summed E-state index contributed by atoms with van der Waals surface area (Å²) in [5, 5.41) is 20.3. The number of rotatable bonds is 2. The van der Waals surface area contributed by atoms with Crippen LogP contribution in [0.2, 0.25) is 0 Å². The second-order valence-electron chi connectivity index (χ2n) is 4.69. The quantitative estimate of drug-likeness (QED) is 0.579. The van der Waals surface area contributed by atoms with E-state index in [2.05, 4.69) is 41.4 Å². The van der Waals surface area contributed by atoms with Crippen LogP contribution in [0, 0.1) is 12.7 Å². The van der Waals surface area contributed by atoms with Crippen LogP contribution < -0.4 is 0 Å². The van der Waals surface area contributed by atoms with Crippen molar-refractivity contribution < 1.29 is 4.39 Å². The number of H-pyrrole nitrogens is 1. The van der Waals surface area contributed by atoms with Gasteiger partial charge in [0.05, 0.1) is 5.56 Å². The van der Waals surface area contributed by atoms with Crippen molar-refractivity contribution in [2.75, 3.05) is 0 Å². The zero-order chi connectivity index (χ0) is 15.3. The first kappa shape index (κ1) is 13.5. The van der Waals surface area contributed by atoms with Gasteiger partial charge in [0.25, 0.3) is 0 Å². The molecule has 1 N–H and O–H groups in total. The van der Waals surface area contributed by atoms with Crippen LogP contribution in [0.15, 0.2) is 28.7 Å². The number of hydrogen-bond acceptors (Lipinski definition) is 5. The fourth-order valence-electron chi connectivity index (χ4n) is 2.09. The van der Waals surface area contributed by atoms with Gasteiger partial charge in [-0.2, -0.15) is 14.7 Å². The molecule has 0 saturated carbocycles. The van der Waals surface area contributed by atoms with Gasteiger partial charge in [-0.25, -0.2) is 4.39 Å². The van der Waals surface area contributed by atoms with E-state index in [1.165, 1.54) is 21.9 Å². The Labute approximate surface area is 136 Å². The molecular formula is C13H8BrFN6S. The van der Waals surface area contributed by atoms with Crippen LogP contribution in [0.3, 0.4) is 0 Å². The summed E-state index contributed by atoms with van der Waals surface area (Å²) in [4.78, 5) is 0.591. The van der Waals surface area contributed by atoms with Crippen LogP contribution in [-0.4, -0.2) is 30.0 Å². The minimum absolute atomic E-state index is 0.353. The summed E-state index contributed by atoms with van der Waals surface area (Å²) in [7, 11) is 0. The predicted octanol–water partition coefficient (Wildman–Crippen LogP) is 3.45. The molecule has 0 radical (unpaired) electrons. The highest BCUT2D eigenvalue weighted by Crippen LogP contribution is 2.29. The maximum absolute atomic E-state index is 14.1. The summed E-state index contributed by atoms with van der Waals surface area (Å²) in [6.07, 6.45) is 0. The molecule has 3 heterocycles. The first-order valence-corrected chi connectivity index (χ1v) is 7.93. The van der Waals surface area contributed by atoms with Crippen LogP contribution in [0.25, 0.3) is 27.1 Å². The fraction of sp³-hybridized carbons (Fsp3) is 0.0769. The summed E-state index contributed by atoms with van der Waals surface area (Å²) in [6.45, 7) is 1.92. The number of aromatic amines is 1. The second-order valence-corrected chi connectivity index (χ2v) is 6.56. The molecule has 0 saturated heterocycles. The van der Waals surface area contributed by atoms with Crippen molar-refractivity contribution in [3.05, 3.63) is 40.2 Å². The van der Waals surface area contributed by atoms with E-state index in [1.54, 1.807) is 12.1 Å². The van der Waals surface area contributed by atoms with E-state index in [0.29, 0.717) is 25.8 Å². The third kappa shape index (κ3) is 2.13. The highest BCUT2D eigenvalue weighted by molar-refractivity contribution is 9.10. The number of benzene rings is 1. The average molecular weight is 379 g/mol. The van der Waals surface area contributed by atoms with Crippen molar-refractivity contribution in [3.8, 4) is 22.1 Å². The maximum atomic E-state index is 14.1. The Hall–Kier alpha value is -2.13. The largest absolute Gasteiger partial charge is 0.282 e. The molecule has 0 bridgehead atoms. The van der Waals surface area contributed by atoms with Crippen molar-refractivity contribution in [3.63, 3.8) is 0 Å². The molecule has 0 spiro atoms. The lowest BCUT2D eigenvalue weighted by Gasteiger charge is -1.99. The van der Waals surface area contributed by atoms with E-state index in [4.69, 9.17) is 0 Å². The van der Waals surface area contributed by atoms with Crippen LogP contribution in [0.4, 0.5) is 4.39 Å². The van der Waals surface area contributed by atoms with Gasteiger partial charge >= 0.3 is 0 Å². The molecule has 0 amide bonds. The van der Waals surface area contributed by atoms with Crippen molar-refractivity contribution in [1.82, 2.24) is 30.0 Å². The molecule has 4 rings (SSSR count).